The Kier molecular flexibility index (Phi) is 3.20. The van der Waals surface area contributed by atoms with E-state index in [-0.39, 0.29) is 5.75 Å². The summed E-state index contributed by atoms with van der Waals surface area (Å²) < 4.78 is 11.9. The van der Waals surface area contributed by atoms with Crippen molar-refractivity contribution in [1.29, 1.82) is 0 Å². The first-order valence-electron chi connectivity index (χ1n) is 3.83. The molecule has 13 heavy (non-hydrogen) atoms. The Morgan fingerprint density at radius 1 is 1.62 bits per heavy atom. The summed E-state index contributed by atoms with van der Waals surface area (Å²) in [6, 6.07) is 1.47. The van der Waals surface area contributed by atoms with Gasteiger partial charge in [0, 0.05) is 22.4 Å². The summed E-state index contributed by atoms with van der Waals surface area (Å²) in [5.74, 6) is 0.193. The van der Waals surface area contributed by atoms with Gasteiger partial charge < -0.3 is 0 Å². The van der Waals surface area contributed by atoms with E-state index in [1.807, 2.05) is 0 Å². The lowest BCUT2D eigenvalue weighted by Gasteiger charge is -2.01. The van der Waals surface area contributed by atoms with Crippen molar-refractivity contribution in [3.8, 4) is 5.75 Å². The normalized spacial score (nSPS) is 10.3. The van der Waals surface area contributed by atoms with Crippen LogP contribution in [0.4, 0.5) is 4.53 Å². The van der Waals surface area contributed by atoms with Crippen molar-refractivity contribution in [2.75, 3.05) is 0 Å². The lowest BCUT2D eigenvalue weighted by Crippen LogP contribution is -1.89. The lowest BCUT2D eigenvalue weighted by molar-refractivity contribution is -0.00714. The molecule has 0 unspecified atom stereocenters. The average Bonchev–Trinajstić information content (AvgIpc) is 2.16. The largest absolute Gasteiger partial charge is 0.294 e. The van der Waals surface area contributed by atoms with E-state index in [9.17, 15) is 4.53 Å². The lowest BCUT2D eigenvalue weighted by atomic mass is 10.2. The molecule has 0 saturated heterocycles. The van der Waals surface area contributed by atoms with Gasteiger partial charge in [-0.25, -0.2) is 0 Å². The third-order valence-electron chi connectivity index (χ3n) is 1.67. The van der Waals surface area contributed by atoms with Crippen LogP contribution >= 0.6 is 0 Å². The third kappa shape index (κ3) is 2.15. The van der Waals surface area contributed by atoms with Crippen LogP contribution in [0.5, 0.6) is 5.75 Å². The van der Waals surface area contributed by atoms with Crippen LogP contribution in [0.25, 0.3) is 6.08 Å². The minimum absolute atomic E-state index is 0.193. The molecular weight excluding hydrogens is 169 g/mol. The van der Waals surface area contributed by atoms with E-state index in [0.717, 1.165) is 0 Å². The van der Waals surface area contributed by atoms with Crippen LogP contribution in [0.1, 0.15) is 11.3 Å². The molecular formula is C10H10FNO. The standard InChI is InChI=1S/C10H10FNO/c1-3-4-5-9-8(2)10(13-11)6-7-12-9/h3-7H,1H2,2H3/b5-4-. The number of halogens is 1. The molecule has 2 nitrogen and oxygen atoms in total. The highest BCUT2D eigenvalue weighted by atomic mass is 19.3. The van der Waals surface area contributed by atoms with Gasteiger partial charge in [0.2, 0.25) is 0 Å². The zero-order chi connectivity index (χ0) is 9.68. The Morgan fingerprint density at radius 2 is 2.38 bits per heavy atom. The molecule has 0 fully saturated rings. The van der Waals surface area contributed by atoms with E-state index in [1.165, 1.54) is 12.3 Å². The fourth-order valence-corrected chi connectivity index (χ4v) is 0.944. The second kappa shape index (κ2) is 4.40. The molecule has 0 saturated carbocycles. The molecule has 0 N–H and O–H groups in total. The van der Waals surface area contributed by atoms with Crippen molar-refractivity contribution in [2.45, 2.75) is 6.92 Å². The number of hydrogen-bond acceptors (Lipinski definition) is 2. The molecule has 0 radical (unpaired) electrons. The second-order valence-corrected chi connectivity index (χ2v) is 2.49. The first-order chi connectivity index (χ1) is 6.29. The first kappa shape index (κ1) is 9.45. The molecule has 0 aliphatic rings. The van der Waals surface area contributed by atoms with Crippen molar-refractivity contribution in [2.24, 2.45) is 0 Å². The molecule has 0 bridgehead atoms. The van der Waals surface area contributed by atoms with Crippen LogP contribution in [-0.2, 0) is 0 Å². The van der Waals surface area contributed by atoms with Gasteiger partial charge in [-0.1, -0.05) is 18.7 Å². The van der Waals surface area contributed by atoms with Gasteiger partial charge in [-0.05, 0) is 13.0 Å². The van der Waals surface area contributed by atoms with E-state index in [4.69, 9.17) is 0 Å². The Balaban J connectivity index is 3.07. The number of rotatable bonds is 3. The minimum atomic E-state index is 0.193. The Labute approximate surface area is 76.3 Å². The van der Waals surface area contributed by atoms with Gasteiger partial charge in [-0.3, -0.25) is 9.93 Å². The van der Waals surface area contributed by atoms with Gasteiger partial charge in [-0.2, -0.15) is 0 Å². The fourth-order valence-electron chi connectivity index (χ4n) is 0.944. The van der Waals surface area contributed by atoms with Gasteiger partial charge in [0.1, 0.15) is 0 Å². The summed E-state index contributed by atoms with van der Waals surface area (Å²) in [6.07, 6.45) is 6.59. The van der Waals surface area contributed by atoms with Crippen molar-refractivity contribution in [3.05, 3.63) is 42.3 Å². The fraction of sp³-hybridized carbons (Fsp3) is 0.100. The van der Waals surface area contributed by atoms with Gasteiger partial charge >= 0.3 is 0 Å². The smallest absolute Gasteiger partial charge is 0.178 e. The number of pyridine rings is 1. The van der Waals surface area contributed by atoms with Gasteiger partial charge in [-0.15, -0.1) is 0 Å². The number of nitrogens with zero attached hydrogens (tertiary/aromatic N) is 1. The average molecular weight is 179 g/mol. The van der Waals surface area contributed by atoms with Crippen LogP contribution in [0.3, 0.4) is 0 Å². The summed E-state index contributed by atoms with van der Waals surface area (Å²) in [5.41, 5.74) is 1.35. The maximum absolute atomic E-state index is 11.9. The zero-order valence-corrected chi connectivity index (χ0v) is 7.33. The SMILES string of the molecule is C=C/C=C\c1nccc(OF)c1C. The quantitative estimate of drug-likeness (QED) is 0.665. The van der Waals surface area contributed by atoms with E-state index in [2.05, 4.69) is 16.5 Å². The first-order valence-corrected chi connectivity index (χ1v) is 3.83. The molecule has 1 aromatic rings. The van der Waals surface area contributed by atoms with E-state index < -0.39 is 0 Å². The molecule has 3 heteroatoms. The number of aromatic nitrogens is 1. The second-order valence-electron chi connectivity index (χ2n) is 2.49. The predicted octanol–water partition coefficient (Wildman–Crippen LogP) is 2.85. The van der Waals surface area contributed by atoms with E-state index >= 15 is 0 Å². The Bertz CT molecular complexity index is 334. The van der Waals surface area contributed by atoms with Crippen LogP contribution in [0.15, 0.2) is 31.0 Å². The molecule has 0 aliphatic heterocycles. The van der Waals surface area contributed by atoms with Crippen molar-refractivity contribution in [3.63, 3.8) is 0 Å². The maximum Gasteiger partial charge on any atom is 0.178 e. The maximum atomic E-state index is 11.9. The van der Waals surface area contributed by atoms with Crippen molar-refractivity contribution in [1.82, 2.24) is 4.98 Å². The van der Waals surface area contributed by atoms with Crippen LogP contribution < -0.4 is 4.94 Å². The zero-order valence-electron chi connectivity index (χ0n) is 7.33. The Morgan fingerprint density at radius 3 is 3.00 bits per heavy atom. The van der Waals surface area contributed by atoms with Gasteiger partial charge in [0.15, 0.2) is 5.75 Å². The topological polar surface area (TPSA) is 22.1 Å². The van der Waals surface area contributed by atoms with Crippen LogP contribution in [0.2, 0.25) is 0 Å². The monoisotopic (exact) mass is 179 g/mol. The molecule has 1 rings (SSSR count). The highest BCUT2D eigenvalue weighted by Crippen LogP contribution is 2.20. The summed E-state index contributed by atoms with van der Waals surface area (Å²) in [4.78, 5) is 7.71. The van der Waals surface area contributed by atoms with E-state index in [1.54, 1.807) is 25.2 Å². The number of hydrogen-bond donors (Lipinski definition) is 0. The summed E-state index contributed by atoms with van der Waals surface area (Å²) in [6.45, 7) is 5.27. The van der Waals surface area contributed by atoms with Crippen molar-refractivity contribution >= 4 is 6.08 Å². The highest BCUT2D eigenvalue weighted by Gasteiger charge is 2.03. The Hall–Kier alpha value is -1.64. The molecule has 0 aromatic carbocycles. The highest BCUT2D eigenvalue weighted by molar-refractivity contribution is 5.54. The molecule has 1 heterocycles. The molecule has 1 aromatic heterocycles. The summed E-state index contributed by atoms with van der Waals surface area (Å²) in [7, 11) is 0. The molecule has 0 atom stereocenters. The molecule has 0 spiro atoms. The van der Waals surface area contributed by atoms with E-state index in [0.29, 0.717) is 11.3 Å². The summed E-state index contributed by atoms with van der Waals surface area (Å²) in [5, 5.41) is 0. The number of allylic oxidation sites excluding steroid dienone is 2. The van der Waals surface area contributed by atoms with Crippen molar-refractivity contribution < 1.29 is 9.47 Å². The summed E-state index contributed by atoms with van der Waals surface area (Å²) >= 11 is 0. The molecule has 0 amide bonds. The van der Waals surface area contributed by atoms with Gasteiger partial charge in [0.25, 0.3) is 0 Å². The predicted molar refractivity (Wildman–Crippen MR) is 49.9 cm³/mol. The third-order valence-corrected chi connectivity index (χ3v) is 1.67. The molecule has 68 valence electrons. The van der Waals surface area contributed by atoms with Gasteiger partial charge in [0.05, 0.1) is 5.69 Å². The minimum Gasteiger partial charge on any atom is -0.294 e. The van der Waals surface area contributed by atoms with Crippen LogP contribution in [0, 0.1) is 6.92 Å². The van der Waals surface area contributed by atoms with Crippen LogP contribution in [-0.4, -0.2) is 4.98 Å². The molecule has 0 aliphatic carbocycles.